The molecule has 2 aliphatic heterocycles. The number of allylic oxidation sites excluding steroid dienone is 1. The lowest BCUT2D eigenvalue weighted by atomic mass is 10.2. The van der Waals surface area contributed by atoms with Gasteiger partial charge in [0.2, 0.25) is 0 Å². The monoisotopic (exact) mass is 178 g/mol. The maximum Gasteiger partial charge on any atom is 0.0727 e. The summed E-state index contributed by atoms with van der Waals surface area (Å²) in [5, 5.41) is 3.35. The Kier molecular flexibility index (Phi) is 2.54. The quantitative estimate of drug-likeness (QED) is 0.627. The van der Waals surface area contributed by atoms with E-state index in [1.54, 1.807) is 0 Å². The van der Waals surface area contributed by atoms with E-state index >= 15 is 0 Å². The minimum atomic E-state index is 1.10. The van der Waals surface area contributed by atoms with Crippen molar-refractivity contribution in [3.8, 4) is 0 Å². The first kappa shape index (κ1) is 8.63. The number of rotatable bonds is 1. The number of nitrogens with zero attached hydrogens (tertiary/aromatic N) is 2. The van der Waals surface area contributed by atoms with E-state index in [2.05, 4.69) is 40.0 Å². The fourth-order valence-corrected chi connectivity index (χ4v) is 1.63. The van der Waals surface area contributed by atoms with Gasteiger partial charge in [0.05, 0.1) is 6.54 Å². The van der Waals surface area contributed by atoms with E-state index in [0.29, 0.717) is 0 Å². The molecule has 71 valence electrons. The summed E-state index contributed by atoms with van der Waals surface area (Å²) in [6.07, 6.45) is 6.44. The zero-order valence-corrected chi connectivity index (χ0v) is 8.03. The van der Waals surface area contributed by atoms with E-state index in [4.69, 9.17) is 0 Å². The van der Waals surface area contributed by atoms with Crippen molar-refractivity contribution >= 4 is 0 Å². The summed E-state index contributed by atoms with van der Waals surface area (Å²) in [5.74, 6) is 0. The van der Waals surface area contributed by atoms with Gasteiger partial charge in [-0.2, -0.15) is 0 Å². The molecule has 1 saturated heterocycles. The third-order valence-electron chi connectivity index (χ3n) is 2.44. The molecule has 0 unspecified atom stereocenters. The van der Waals surface area contributed by atoms with Crippen molar-refractivity contribution in [3.63, 3.8) is 0 Å². The van der Waals surface area contributed by atoms with Crippen molar-refractivity contribution in [2.45, 2.75) is 0 Å². The molecular formula is C10H16N3. The fourth-order valence-electron chi connectivity index (χ4n) is 1.63. The minimum absolute atomic E-state index is 1.10. The average Bonchev–Trinajstić information content (AvgIpc) is 2.20. The van der Waals surface area contributed by atoms with Crippen LogP contribution in [0.1, 0.15) is 0 Å². The van der Waals surface area contributed by atoms with Crippen molar-refractivity contribution in [2.24, 2.45) is 0 Å². The van der Waals surface area contributed by atoms with Crippen molar-refractivity contribution in [2.75, 3.05) is 33.2 Å². The predicted molar refractivity (Wildman–Crippen MR) is 53.7 cm³/mol. The Morgan fingerprint density at radius 3 is 2.69 bits per heavy atom. The van der Waals surface area contributed by atoms with Gasteiger partial charge in [0.1, 0.15) is 0 Å². The molecule has 0 spiro atoms. The van der Waals surface area contributed by atoms with E-state index in [1.807, 2.05) is 7.05 Å². The van der Waals surface area contributed by atoms with Gasteiger partial charge < -0.3 is 15.1 Å². The minimum Gasteiger partial charge on any atom is -0.371 e. The normalized spacial score (nSPS) is 23.3. The highest BCUT2D eigenvalue weighted by Crippen LogP contribution is 2.13. The Morgan fingerprint density at radius 1 is 1.31 bits per heavy atom. The van der Waals surface area contributed by atoms with E-state index in [0.717, 1.165) is 26.2 Å². The first-order valence-corrected chi connectivity index (χ1v) is 4.77. The molecule has 1 fully saturated rings. The van der Waals surface area contributed by atoms with Crippen molar-refractivity contribution in [3.05, 3.63) is 30.6 Å². The Bertz CT molecular complexity index is 226. The van der Waals surface area contributed by atoms with Gasteiger partial charge in [0, 0.05) is 45.1 Å². The van der Waals surface area contributed by atoms with Crippen LogP contribution in [0.5, 0.6) is 0 Å². The highest BCUT2D eigenvalue weighted by Gasteiger charge is 2.12. The molecule has 0 atom stereocenters. The van der Waals surface area contributed by atoms with Crippen molar-refractivity contribution in [1.82, 2.24) is 15.1 Å². The lowest BCUT2D eigenvalue weighted by Gasteiger charge is -2.32. The Hall–Kier alpha value is -0.960. The molecule has 3 nitrogen and oxygen atoms in total. The summed E-state index contributed by atoms with van der Waals surface area (Å²) in [7, 11) is 2.04. The first-order chi connectivity index (χ1) is 6.36. The van der Waals surface area contributed by atoms with Crippen LogP contribution in [0, 0.1) is 6.54 Å². The third-order valence-corrected chi connectivity index (χ3v) is 2.44. The highest BCUT2D eigenvalue weighted by molar-refractivity contribution is 5.25. The van der Waals surface area contributed by atoms with Gasteiger partial charge in [-0.1, -0.05) is 0 Å². The first-order valence-electron chi connectivity index (χ1n) is 4.77. The number of hydrogen-bond acceptors (Lipinski definition) is 3. The summed E-state index contributed by atoms with van der Waals surface area (Å²) < 4.78 is 0. The van der Waals surface area contributed by atoms with Gasteiger partial charge >= 0.3 is 0 Å². The molecule has 2 rings (SSSR count). The van der Waals surface area contributed by atoms with Crippen LogP contribution in [0.15, 0.2) is 24.0 Å². The molecule has 0 amide bonds. The fraction of sp³-hybridized carbons (Fsp3) is 0.500. The molecule has 0 aromatic rings. The second-order valence-corrected chi connectivity index (χ2v) is 3.46. The summed E-state index contributed by atoms with van der Waals surface area (Å²) >= 11 is 0. The Morgan fingerprint density at radius 2 is 2.08 bits per heavy atom. The Labute approximate surface area is 79.7 Å². The van der Waals surface area contributed by atoms with Crippen LogP contribution in [-0.2, 0) is 0 Å². The molecule has 2 aliphatic rings. The molecule has 3 heteroatoms. The SMILES string of the molecule is CN1[CH]C=C(N2CCNCC2)C=C1. The zero-order chi connectivity index (χ0) is 9.10. The second-order valence-electron chi connectivity index (χ2n) is 3.46. The van der Waals surface area contributed by atoms with Gasteiger partial charge in [-0.25, -0.2) is 0 Å². The molecular weight excluding hydrogens is 162 g/mol. The zero-order valence-electron chi connectivity index (χ0n) is 8.03. The van der Waals surface area contributed by atoms with Gasteiger partial charge in [-0.3, -0.25) is 0 Å². The number of likely N-dealkylation sites (N-methyl/N-ethyl adjacent to an activating group) is 1. The molecule has 13 heavy (non-hydrogen) atoms. The summed E-state index contributed by atoms with van der Waals surface area (Å²) in [6, 6.07) is 0. The average molecular weight is 178 g/mol. The van der Waals surface area contributed by atoms with Crippen molar-refractivity contribution < 1.29 is 0 Å². The number of hydrogen-bond donors (Lipinski definition) is 1. The largest absolute Gasteiger partial charge is 0.371 e. The smallest absolute Gasteiger partial charge is 0.0727 e. The van der Waals surface area contributed by atoms with E-state index in [1.165, 1.54) is 5.70 Å². The lowest BCUT2D eigenvalue weighted by molar-refractivity contribution is 0.304. The van der Waals surface area contributed by atoms with Crippen LogP contribution in [0.4, 0.5) is 0 Å². The molecule has 0 saturated carbocycles. The van der Waals surface area contributed by atoms with Crippen LogP contribution in [0.2, 0.25) is 0 Å². The standard InChI is InChI=1S/C10H16N3/c1-12-6-2-10(3-7-12)13-8-4-11-5-9-13/h2-3,6-7,11H,4-5,8-9H2,1H3. The van der Waals surface area contributed by atoms with Crippen LogP contribution in [-0.4, -0.2) is 43.0 Å². The molecule has 1 N–H and O–H groups in total. The summed E-state index contributed by atoms with van der Waals surface area (Å²) in [6.45, 7) is 6.53. The molecule has 0 bridgehead atoms. The maximum atomic E-state index is 3.35. The third kappa shape index (κ3) is 2.04. The maximum absolute atomic E-state index is 3.35. The van der Waals surface area contributed by atoms with Gasteiger partial charge in [-0.15, -0.1) is 0 Å². The molecule has 2 heterocycles. The second kappa shape index (κ2) is 3.83. The topological polar surface area (TPSA) is 18.5 Å². The van der Waals surface area contributed by atoms with E-state index in [9.17, 15) is 0 Å². The lowest BCUT2D eigenvalue weighted by Crippen LogP contribution is -2.42. The van der Waals surface area contributed by atoms with E-state index in [-0.39, 0.29) is 0 Å². The van der Waals surface area contributed by atoms with Gasteiger partial charge in [-0.05, 0) is 12.2 Å². The highest BCUT2D eigenvalue weighted by atomic mass is 15.2. The summed E-state index contributed by atoms with van der Waals surface area (Å²) in [5.41, 5.74) is 1.33. The van der Waals surface area contributed by atoms with Crippen LogP contribution in [0.3, 0.4) is 0 Å². The van der Waals surface area contributed by atoms with E-state index < -0.39 is 0 Å². The van der Waals surface area contributed by atoms with Crippen LogP contribution in [0.25, 0.3) is 0 Å². The molecule has 0 aliphatic carbocycles. The number of piperazine rings is 1. The number of nitrogens with one attached hydrogen (secondary N) is 1. The van der Waals surface area contributed by atoms with Crippen molar-refractivity contribution in [1.29, 1.82) is 0 Å². The van der Waals surface area contributed by atoms with Gasteiger partial charge in [0.25, 0.3) is 0 Å². The predicted octanol–water partition coefficient (Wildman–Crippen LogP) is 0.396. The Balaban J connectivity index is 1.96. The molecule has 0 aromatic carbocycles. The van der Waals surface area contributed by atoms with Gasteiger partial charge in [0.15, 0.2) is 0 Å². The van der Waals surface area contributed by atoms with Crippen LogP contribution < -0.4 is 5.32 Å². The molecule has 0 aromatic heterocycles. The summed E-state index contributed by atoms with van der Waals surface area (Å²) in [4.78, 5) is 4.47. The van der Waals surface area contributed by atoms with Crippen LogP contribution >= 0.6 is 0 Å². The molecule has 1 radical (unpaired) electrons.